The molecule has 3 aliphatic heterocycles. The molecule has 46 heavy (non-hydrogen) atoms. The van der Waals surface area contributed by atoms with Crippen molar-refractivity contribution in [3.63, 3.8) is 0 Å². The Hall–Kier alpha value is -4.85. The van der Waals surface area contributed by atoms with Gasteiger partial charge < -0.3 is 24.4 Å². The third-order valence-electron chi connectivity index (χ3n) is 9.93. The number of hydrogen-bond acceptors (Lipinski definition) is 5. The van der Waals surface area contributed by atoms with E-state index in [1.54, 1.807) is 37.4 Å². The summed E-state index contributed by atoms with van der Waals surface area (Å²) in [5.74, 6) is 1.52. The normalized spacial score (nSPS) is 19.3. The second-order valence-electron chi connectivity index (χ2n) is 12.9. The summed E-state index contributed by atoms with van der Waals surface area (Å²) in [7, 11) is 1.60. The standard InChI is InChI=1S/C38H40N4O4/c1-46-32-13-10-29(11-14-32)37(44)39-33-22-30(38(45)40-18-16-27(17-19-40)20-26-6-3-2-4-7-26)12-15-35(33)41-23-28-21-31(25-41)34-8-5-9-36(43)42(34)24-28/h2-15,22,27-28,31H,16-21,23-25H2,1H3,(H,39,44)/t28-,31+/m1/s1. The van der Waals surface area contributed by atoms with E-state index in [2.05, 4.69) is 40.5 Å². The van der Waals surface area contributed by atoms with Crippen molar-refractivity contribution in [1.29, 1.82) is 0 Å². The SMILES string of the molecule is COc1ccc(C(=O)Nc2cc(C(=O)N3CCC(Cc4ccccc4)CC3)ccc2N2C[C@H]3C[C@@H](C2)c2cccc(=O)n2C3)cc1. The molecule has 0 unspecified atom stereocenters. The topological polar surface area (TPSA) is 83.9 Å². The third-order valence-corrected chi connectivity index (χ3v) is 9.93. The minimum absolute atomic E-state index is 0.00604. The van der Waals surface area contributed by atoms with Gasteiger partial charge in [-0.15, -0.1) is 0 Å². The molecule has 2 saturated heterocycles. The first-order valence-electron chi connectivity index (χ1n) is 16.3. The Morgan fingerprint density at radius 1 is 0.848 bits per heavy atom. The first-order chi connectivity index (χ1) is 22.4. The van der Waals surface area contributed by atoms with Gasteiger partial charge in [-0.1, -0.05) is 36.4 Å². The number of carbonyl (C=O) groups is 2. The minimum atomic E-state index is -0.246. The Morgan fingerprint density at radius 2 is 1.61 bits per heavy atom. The van der Waals surface area contributed by atoms with Gasteiger partial charge in [-0.3, -0.25) is 14.4 Å². The molecule has 2 bridgehead atoms. The number of nitrogens with one attached hydrogen (secondary N) is 1. The van der Waals surface area contributed by atoms with Crippen molar-refractivity contribution < 1.29 is 14.3 Å². The number of benzene rings is 3. The molecule has 0 aliphatic carbocycles. The quantitative estimate of drug-likeness (QED) is 0.283. The summed E-state index contributed by atoms with van der Waals surface area (Å²) in [5.41, 5.74) is 5.06. The molecule has 2 amide bonds. The number of hydrogen-bond donors (Lipinski definition) is 1. The average Bonchev–Trinajstić information content (AvgIpc) is 3.09. The maximum absolute atomic E-state index is 13.8. The molecule has 7 rings (SSSR count). The maximum Gasteiger partial charge on any atom is 0.255 e. The summed E-state index contributed by atoms with van der Waals surface area (Å²) >= 11 is 0. The van der Waals surface area contributed by atoms with Gasteiger partial charge >= 0.3 is 0 Å². The second-order valence-corrected chi connectivity index (χ2v) is 12.9. The highest BCUT2D eigenvalue weighted by molar-refractivity contribution is 6.07. The highest BCUT2D eigenvalue weighted by atomic mass is 16.5. The molecule has 0 spiro atoms. The van der Waals surface area contributed by atoms with Crippen LogP contribution in [0.25, 0.3) is 0 Å². The molecular weight excluding hydrogens is 576 g/mol. The van der Waals surface area contributed by atoms with Crippen LogP contribution in [-0.4, -0.2) is 54.6 Å². The highest BCUT2D eigenvalue weighted by Gasteiger charge is 2.35. The zero-order valence-corrected chi connectivity index (χ0v) is 26.2. The van der Waals surface area contributed by atoms with Crippen molar-refractivity contribution in [3.8, 4) is 5.75 Å². The van der Waals surface area contributed by atoms with Crippen molar-refractivity contribution in [2.75, 3.05) is 43.5 Å². The number of piperidine rings is 2. The van der Waals surface area contributed by atoms with Crippen molar-refractivity contribution in [3.05, 3.63) is 124 Å². The molecule has 236 valence electrons. The number of pyridine rings is 1. The lowest BCUT2D eigenvalue weighted by Gasteiger charge is -2.44. The van der Waals surface area contributed by atoms with Gasteiger partial charge in [-0.2, -0.15) is 0 Å². The Kier molecular flexibility index (Phi) is 8.35. The summed E-state index contributed by atoms with van der Waals surface area (Å²) in [6, 6.07) is 28.8. The number of likely N-dealkylation sites (tertiary alicyclic amines) is 1. The Labute approximate surface area is 269 Å². The number of nitrogens with zero attached hydrogens (tertiary/aromatic N) is 3. The summed E-state index contributed by atoms with van der Waals surface area (Å²) in [4.78, 5) is 44.2. The zero-order chi connectivity index (χ0) is 31.6. The molecule has 0 radical (unpaired) electrons. The maximum atomic E-state index is 13.8. The van der Waals surface area contributed by atoms with Crippen LogP contribution in [0.1, 0.15) is 57.2 Å². The van der Waals surface area contributed by atoms with Crippen LogP contribution in [-0.2, 0) is 13.0 Å². The third kappa shape index (κ3) is 6.16. The van der Waals surface area contributed by atoms with Gasteiger partial charge in [0.15, 0.2) is 0 Å². The number of ether oxygens (including phenoxy) is 1. The lowest BCUT2D eigenvalue weighted by atomic mass is 9.83. The second kappa shape index (κ2) is 12.9. The van der Waals surface area contributed by atoms with Crippen LogP contribution in [0.3, 0.4) is 0 Å². The van der Waals surface area contributed by atoms with E-state index in [1.165, 1.54) is 5.56 Å². The highest BCUT2D eigenvalue weighted by Crippen LogP contribution is 2.39. The first kappa shape index (κ1) is 29.8. The van der Waals surface area contributed by atoms with E-state index in [0.29, 0.717) is 40.9 Å². The fraction of sp³-hybridized carbons (Fsp3) is 0.342. The largest absolute Gasteiger partial charge is 0.497 e. The molecule has 4 heterocycles. The van der Waals surface area contributed by atoms with E-state index in [1.807, 2.05) is 39.8 Å². The first-order valence-corrected chi connectivity index (χ1v) is 16.3. The monoisotopic (exact) mass is 616 g/mol. The molecule has 3 aromatic carbocycles. The van der Waals surface area contributed by atoms with Gasteiger partial charge in [0.25, 0.3) is 17.4 Å². The van der Waals surface area contributed by atoms with Crippen LogP contribution in [0.4, 0.5) is 11.4 Å². The molecule has 2 fully saturated rings. The van der Waals surface area contributed by atoms with Gasteiger partial charge in [-0.25, -0.2) is 0 Å². The lowest BCUT2D eigenvalue weighted by Crippen LogP contribution is -2.47. The Balaban J connectivity index is 1.13. The molecule has 1 aromatic heterocycles. The summed E-state index contributed by atoms with van der Waals surface area (Å²) < 4.78 is 7.19. The average molecular weight is 617 g/mol. The number of methoxy groups -OCH3 is 1. The predicted molar refractivity (Wildman–Crippen MR) is 180 cm³/mol. The number of fused-ring (bicyclic) bond motifs is 4. The number of aromatic nitrogens is 1. The van der Waals surface area contributed by atoms with Crippen LogP contribution in [0, 0.1) is 11.8 Å². The molecule has 2 atom stereocenters. The van der Waals surface area contributed by atoms with E-state index < -0.39 is 0 Å². The number of rotatable bonds is 7. The van der Waals surface area contributed by atoms with Crippen LogP contribution < -0.4 is 20.5 Å². The van der Waals surface area contributed by atoms with Crippen molar-refractivity contribution in [2.45, 2.75) is 38.1 Å². The molecular formula is C38H40N4O4. The van der Waals surface area contributed by atoms with Crippen LogP contribution in [0.5, 0.6) is 5.75 Å². The predicted octanol–water partition coefficient (Wildman–Crippen LogP) is 5.83. The van der Waals surface area contributed by atoms with E-state index in [4.69, 9.17) is 4.74 Å². The Morgan fingerprint density at radius 3 is 2.37 bits per heavy atom. The van der Waals surface area contributed by atoms with Crippen molar-refractivity contribution in [1.82, 2.24) is 9.47 Å². The number of carbonyl (C=O) groups excluding carboxylic acids is 2. The van der Waals surface area contributed by atoms with E-state index in [9.17, 15) is 14.4 Å². The van der Waals surface area contributed by atoms with Gasteiger partial charge in [0.1, 0.15) is 5.75 Å². The zero-order valence-electron chi connectivity index (χ0n) is 26.2. The van der Waals surface area contributed by atoms with Crippen LogP contribution in [0.2, 0.25) is 0 Å². The molecule has 0 saturated carbocycles. The van der Waals surface area contributed by atoms with Crippen molar-refractivity contribution in [2.24, 2.45) is 11.8 Å². The van der Waals surface area contributed by atoms with E-state index >= 15 is 0 Å². The van der Waals surface area contributed by atoms with E-state index in [0.717, 1.165) is 63.2 Å². The molecule has 8 nitrogen and oxygen atoms in total. The lowest BCUT2D eigenvalue weighted by molar-refractivity contribution is 0.0690. The fourth-order valence-electron chi connectivity index (χ4n) is 7.55. The number of anilines is 2. The van der Waals surface area contributed by atoms with Gasteiger partial charge in [-0.05, 0) is 91.6 Å². The van der Waals surface area contributed by atoms with Gasteiger partial charge in [0.05, 0.1) is 18.5 Å². The van der Waals surface area contributed by atoms with Crippen LogP contribution >= 0.6 is 0 Å². The Bertz CT molecular complexity index is 1780. The minimum Gasteiger partial charge on any atom is -0.497 e. The summed E-state index contributed by atoms with van der Waals surface area (Å²) in [5, 5.41) is 3.14. The molecule has 8 heteroatoms. The summed E-state index contributed by atoms with van der Waals surface area (Å²) in [6.07, 6.45) is 4.02. The molecule has 1 N–H and O–H groups in total. The van der Waals surface area contributed by atoms with Gasteiger partial charge in [0.2, 0.25) is 0 Å². The fourth-order valence-corrected chi connectivity index (χ4v) is 7.55. The molecule has 4 aromatic rings. The van der Waals surface area contributed by atoms with Crippen LogP contribution in [0.15, 0.2) is 95.8 Å². The van der Waals surface area contributed by atoms with Gasteiger partial charge in [0, 0.05) is 61.5 Å². The smallest absolute Gasteiger partial charge is 0.255 e. The van der Waals surface area contributed by atoms with Crippen molar-refractivity contribution >= 4 is 23.2 Å². The number of amides is 2. The molecule has 3 aliphatic rings. The van der Waals surface area contributed by atoms with E-state index in [-0.39, 0.29) is 23.3 Å². The summed E-state index contributed by atoms with van der Waals surface area (Å²) in [6.45, 7) is 3.63.